The van der Waals surface area contributed by atoms with Crippen molar-refractivity contribution in [1.82, 2.24) is 0 Å². The van der Waals surface area contributed by atoms with Gasteiger partial charge in [0.05, 0.1) is 12.2 Å². The van der Waals surface area contributed by atoms with Gasteiger partial charge >= 0.3 is 0 Å². The monoisotopic (exact) mass is 596 g/mol. The molecule has 232 valence electrons. The molecule has 2 nitrogen and oxygen atoms in total. The molecule has 0 aromatic rings. The number of alkyl halides is 2. The first-order valence-corrected chi connectivity index (χ1v) is 18.8. The van der Waals surface area contributed by atoms with Gasteiger partial charge in [0, 0.05) is 24.0 Å². The molecule has 5 fully saturated rings. The highest BCUT2D eigenvalue weighted by Crippen LogP contribution is 2.77. The molecule has 0 bridgehead atoms. The van der Waals surface area contributed by atoms with Crippen molar-refractivity contribution in [2.45, 2.75) is 178 Å². The van der Waals surface area contributed by atoms with Crippen LogP contribution in [0.3, 0.4) is 0 Å². The summed E-state index contributed by atoms with van der Waals surface area (Å²) in [7, 11) is 0. The molecule has 0 atom stereocenters. The zero-order valence-electron chi connectivity index (χ0n) is 26.2. The minimum absolute atomic E-state index is 0.201. The number of unbranched alkanes of at least 4 members (excludes halogenated alkanes) is 4. The molecule has 4 heteroatoms. The van der Waals surface area contributed by atoms with Gasteiger partial charge in [-0.2, -0.15) is 0 Å². The molecule has 40 heavy (non-hydrogen) atoms. The number of hydrogen-bond donors (Lipinski definition) is 0. The summed E-state index contributed by atoms with van der Waals surface area (Å²) in [6.07, 6.45) is 31.2. The minimum Gasteiger partial charge on any atom is -0.378 e. The lowest BCUT2D eigenvalue weighted by Gasteiger charge is -2.69. The maximum absolute atomic E-state index is 7.45. The van der Waals surface area contributed by atoms with Crippen LogP contribution in [0.1, 0.15) is 162 Å². The summed E-state index contributed by atoms with van der Waals surface area (Å²) in [5.74, 6) is 3.62. The van der Waals surface area contributed by atoms with E-state index in [1.54, 1.807) is 0 Å². The van der Waals surface area contributed by atoms with E-state index in [9.17, 15) is 0 Å². The van der Waals surface area contributed by atoms with E-state index in [4.69, 9.17) is 32.7 Å². The van der Waals surface area contributed by atoms with Crippen LogP contribution in [0.4, 0.5) is 0 Å². The first-order valence-electron chi connectivity index (χ1n) is 18.0. The van der Waals surface area contributed by atoms with Crippen molar-refractivity contribution in [3.8, 4) is 0 Å². The van der Waals surface area contributed by atoms with E-state index < -0.39 is 4.33 Å². The van der Waals surface area contributed by atoms with Gasteiger partial charge < -0.3 is 9.47 Å². The molecule has 5 aliphatic rings. The Labute approximate surface area is 257 Å². The van der Waals surface area contributed by atoms with Crippen LogP contribution < -0.4 is 0 Å². The normalized spacial score (nSPS) is 41.7. The van der Waals surface area contributed by atoms with Crippen LogP contribution in [0.15, 0.2) is 0 Å². The van der Waals surface area contributed by atoms with Gasteiger partial charge in [-0.25, -0.2) is 0 Å². The number of ether oxygens (including phenoxy) is 2. The summed E-state index contributed by atoms with van der Waals surface area (Å²) in [5, 5.41) is 0. The molecule has 0 aromatic heterocycles. The fourth-order valence-electron chi connectivity index (χ4n) is 10.3. The molecule has 0 heterocycles. The fraction of sp³-hybridized carbons (Fsp3) is 1.00. The van der Waals surface area contributed by atoms with Crippen LogP contribution in [0.25, 0.3) is 0 Å². The Kier molecular flexibility index (Phi) is 11.6. The molecule has 5 aliphatic carbocycles. The summed E-state index contributed by atoms with van der Waals surface area (Å²) in [5.41, 5.74) is 0.401. The van der Waals surface area contributed by atoms with Gasteiger partial charge in [0.1, 0.15) is 4.33 Å². The average molecular weight is 598 g/mol. The lowest BCUT2D eigenvalue weighted by Crippen LogP contribution is -2.66. The van der Waals surface area contributed by atoms with Gasteiger partial charge in [-0.15, -0.1) is 23.2 Å². The van der Waals surface area contributed by atoms with E-state index in [1.807, 2.05) is 0 Å². The van der Waals surface area contributed by atoms with Crippen molar-refractivity contribution >= 4 is 23.2 Å². The highest BCUT2D eigenvalue weighted by molar-refractivity contribution is 6.50. The first kappa shape index (κ1) is 31.9. The van der Waals surface area contributed by atoms with Gasteiger partial charge in [-0.3, -0.25) is 0 Å². The number of rotatable bonds is 12. The van der Waals surface area contributed by atoms with E-state index in [0.717, 1.165) is 36.9 Å². The van der Waals surface area contributed by atoms with Gasteiger partial charge in [0.15, 0.2) is 0 Å². The molecule has 0 aromatic carbocycles. The van der Waals surface area contributed by atoms with E-state index in [2.05, 4.69) is 13.8 Å². The van der Waals surface area contributed by atoms with E-state index in [-0.39, 0.29) is 10.8 Å². The molecule has 0 aliphatic heterocycles. The quantitative estimate of drug-likeness (QED) is 0.165. The summed E-state index contributed by atoms with van der Waals surface area (Å²) in [4.78, 5) is 0. The summed E-state index contributed by atoms with van der Waals surface area (Å²) < 4.78 is 11.9. The summed E-state index contributed by atoms with van der Waals surface area (Å²) >= 11 is 14.9. The van der Waals surface area contributed by atoms with Crippen molar-refractivity contribution in [2.24, 2.45) is 34.5 Å². The lowest BCUT2D eigenvalue weighted by atomic mass is 9.42. The molecular formula is C36H62Cl2O2. The molecule has 5 saturated carbocycles. The maximum Gasteiger partial charge on any atom is 0.129 e. The van der Waals surface area contributed by atoms with Crippen molar-refractivity contribution in [3.63, 3.8) is 0 Å². The third-order valence-electron chi connectivity index (χ3n) is 13.0. The Morgan fingerprint density at radius 1 is 0.500 bits per heavy atom. The van der Waals surface area contributed by atoms with Crippen molar-refractivity contribution in [1.29, 1.82) is 0 Å². The SMILES string of the molecule is CCCCCOC1CCC(C2CC[C@]3(CC2)C[C@@]2(CC[C@H](C4CCC(OCCCCC)CC4)CC2)C3(Cl)Cl)CC1. The predicted molar refractivity (Wildman–Crippen MR) is 170 cm³/mol. The molecular weight excluding hydrogens is 535 g/mol. The minimum atomic E-state index is -0.496. The zero-order chi connectivity index (χ0) is 28.1. The smallest absolute Gasteiger partial charge is 0.129 e. The molecule has 2 spiro atoms. The zero-order valence-corrected chi connectivity index (χ0v) is 27.7. The molecule has 0 saturated heterocycles. The van der Waals surface area contributed by atoms with Gasteiger partial charge in [-0.05, 0) is 146 Å². The second-order valence-corrected chi connectivity index (χ2v) is 16.5. The van der Waals surface area contributed by atoms with Gasteiger partial charge in [-0.1, -0.05) is 39.5 Å². The van der Waals surface area contributed by atoms with E-state index >= 15 is 0 Å². The third kappa shape index (κ3) is 6.91. The summed E-state index contributed by atoms with van der Waals surface area (Å²) in [6.45, 7) is 6.48. The molecule has 0 N–H and O–H groups in total. The maximum atomic E-state index is 7.45. The Bertz CT molecular complexity index is 676. The Morgan fingerprint density at radius 3 is 1.18 bits per heavy atom. The molecule has 0 unspecified atom stereocenters. The molecule has 0 amide bonds. The topological polar surface area (TPSA) is 18.5 Å². The van der Waals surface area contributed by atoms with Crippen LogP contribution in [0, 0.1) is 34.5 Å². The second kappa shape index (κ2) is 14.5. The standard InChI is InChI=1S/C36H62Cl2O2/c1-3-5-7-25-39-32-13-9-28(10-14-32)30-17-21-34(22-18-30)27-35(36(34,37)38)23-19-31(20-24-35)29-11-15-33(16-12-29)40-26-8-6-4-2/h28-33H,3-27H2,1-2H3/t28?,29?,30-,31?,32?,33?,34-,35-. The van der Waals surface area contributed by atoms with E-state index in [1.165, 1.54) is 148 Å². The fourth-order valence-corrected chi connectivity index (χ4v) is 11.3. The highest BCUT2D eigenvalue weighted by Gasteiger charge is 2.72. The van der Waals surface area contributed by atoms with Crippen LogP contribution in [0.2, 0.25) is 0 Å². The van der Waals surface area contributed by atoms with Crippen LogP contribution in [0.5, 0.6) is 0 Å². The highest BCUT2D eigenvalue weighted by atomic mass is 35.5. The Morgan fingerprint density at radius 2 is 0.850 bits per heavy atom. The number of hydrogen-bond acceptors (Lipinski definition) is 2. The van der Waals surface area contributed by atoms with Gasteiger partial charge in [0.2, 0.25) is 0 Å². The van der Waals surface area contributed by atoms with Crippen LogP contribution in [-0.4, -0.2) is 29.8 Å². The van der Waals surface area contributed by atoms with E-state index in [0.29, 0.717) is 12.2 Å². The second-order valence-electron chi connectivity index (χ2n) is 15.2. The Balaban J connectivity index is 1.01. The molecule has 0 radical (unpaired) electrons. The predicted octanol–water partition coefficient (Wildman–Crippen LogP) is 11.4. The lowest BCUT2D eigenvalue weighted by molar-refractivity contribution is -0.123. The van der Waals surface area contributed by atoms with Crippen molar-refractivity contribution < 1.29 is 9.47 Å². The van der Waals surface area contributed by atoms with Crippen LogP contribution in [-0.2, 0) is 9.47 Å². The van der Waals surface area contributed by atoms with Crippen molar-refractivity contribution in [3.05, 3.63) is 0 Å². The van der Waals surface area contributed by atoms with Gasteiger partial charge in [0.25, 0.3) is 0 Å². The largest absolute Gasteiger partial charge is 0.378 e. The first-order chi connectivity index (χ1) is 19.4. The third-order valence-corrected chi connectivity index (χ3v) is 14.6. The van der Waals surface area contributed by atoms with Crippen LogP contribution >= 0.6 is 23.2 Å². The molecule has 5 rings (SSSR count). The van der Waals surface area contributed by atoms with Crippen molar-refractivity contribution in [2.75, 3.05) is 13.2 Å². The number of halogens is 2. The Hall–Kier alpha value is 0.500. The average Bonchev–Trinajstić information content (AvgIpc) is 2.99. The summed E-state index contributed by atoms with van der Waals surface area (Å²) in [6, 6.07) is 0.